The van der Waals surface area contributed by atoms with Gasteiger partial charge in [0.15, 0.2) is 11.3 Å². The van der Waals surface area contributed by atoms with Crippen molar-refractivity contribution < 1.29 is 33.5 Å². The second-order valence-corrected chi connectivity index (χ2v) is 5.91. The molecular formula is C19H22N2O8. The molecule has 0 fully saturated rings. The maximum atomic E-state index is 12.6. The number of nitriles is 1. The lowest BCUT2D eigenvalue weighted by molar-refractivity contribution is -0.385. The Morgan fingerprint density at radius 1 is 1.10 bits per heavy atom. The third-order valence-corrected chi connectivity index (χ3v) is 4.13. The first-order valence-electron chi connectivity index (χ1n) is 8.88. The van der Waals surface area contributed by atoms with Crippen molar-refractivity contribution >= 4 is 23.6 Å². The molecule has 0 radical (unpaired) electrons. The Hall–Kier alpha value is -3.48. The number of carbonyl (C=O) groups is 3. The summed E-state index contributed by atoms with van der Waals surface area (Å²) < 4.78 is 14.8. The van der Waals surface area contributed by atoms with Gasteiger partial charge in [-0.25, -0.2) is 0 Å². The Balaban J connectivity index is 3.71. The summed E-state index contributed by atoms with van der Waals surface area (Å²) >= 11 is 0. The summed E-state index contributed by atoms with van der Waals surface area (Å²) in [5, 5.41) is 20.8. The Morgan fingerprint density at radius 3 is 2.03 bits per heavy atom. The lowest BCUT2D eigenvalue weighted by Gasteiger charge is -2.26. The van der Waals surface area contributed by atoms with E-state index in [9.17, 15) is 29.8 Å². The average Bonchev–Trinajstić information content (AvgIpc) is 2.68. The number of hydrogen-bond acceptors (Lipinski definition) is 9. The molecule has 0 spiro atoms. The quantitative estimate of drug-likeness (QED) is 0.198. The minimum atomic E-state index is -1.95. The van der Waals surface area contributed by atoms with Gasteiger partial charge in [0.2, 0.25) is 0 Å². The lowest BCUT2D eigenvalue weighted by Crippen LogP contribution is -2.43. The van der Waals surface area contributed by atoms with Gasteiger partial charge in [0.25, 0.3) is 5.69 Å². The molecule has 0 bridgehead atoms. The predicted molar refractivity (Wildman–Crippen MR) is 98.7 cm³/mol. The van der Waals surface area contributed by atoms with Gasteiger partial charge in [0.05, 0.1) is 36.4 Å². The number of ether oxygens (including phenoxy) is 3. The van der Waals surface area contributed by atoms with E-state index in [1.54, 1.807) is 19.9 Å². The van der Waals surface area contributed by atoms with E-state index in [1.807, 2.05) is 0 Å². The second kappa shape index (κ2) is 10.2. The molecule has 0 aliphatic rings. The van der Waals surface area contributed by atoms with Gasteiger partial charge in [-0.2, -0.15) is 5.26 Å². The summed E-state index contributed by atoms with van der Waals surface area (Å²) in [6.07, 6.45) is 0. The van der Waals surface area contributed by atoms with Crippen LogP contribution in [0.5, 0.6) is 0 Å². The molecule has 0 N–H and O–H groups in total. The normalized spacial score (nSPS) is 11.7. The molecule has 0 aromatic heterocycles. The van der Waals surface area contributed by atoms with Crippen molar-refractivity contribution in [2.24, 2.45) is 0 Å². The van der Waals surface area contributed by atoms with Gasteiger partial charge in [-0.05, 0) is 39.3 Å². The Bertz CT molecular complexity index is 825. The molecular weight excluding hydrogens is 384 g/mol. The summed E-state index contributed by atoms with van der Waals surface area (Å²) in [4.78, 5) is 47.9. The van der Waals surface area contributed by atoms with E-state index >= 15 is 0 Å². The average molecular weight is 406 g/mol. The predicted octanol–water partition coefficient (Wildman–Crippen LogP) is 2.15. The molecule has 10 heteroatoms. The molecule has 0 heterocycles. The number of nitrogens with zero attached hydrogens (tertiary/aromatic N) is 2. The van der Waals surface area contributed by atoms with E-state index in [0.717, 1.165) is 12.1 Å². The van der Waals surface area contributed by atoms with Crippen LogP contribution in [0.25, 0.3) is 0 Å². The molecule has 10 nitrogen and oxygen atoms in total. The number of esters is 3. The highest BCUT2D eigenvalue weighted by molar-refractivity contribution is 6.06. The molecule has 29 heavy (non-hydrogen) atoms. The van der Waals surface area contributed by atoms with Crippen LogP contribution in [0.15, 0.2) is 18.2 Å². The fourth-order valence-corrected chi connectivity index (χ4v) is 2.61. The Kier molecular flexibility index (Phi) is 8.26. The van der Waals surface area contributed by atoms with E-state index in [1.165, 1.54) is 19.9 Å². The van der Waals surface area contributed by atoms with Gasteiger partial charge in [-0.15, -0.1) is 0 Å². The molecule has 0 saturated carbocycles. The number of nitro benzene ring substituents is 1. The van der Waals surface area contributed by atoms with Crippen molar-refractivity contribution in [2.75, 3.05) is 19.8 Å². The standard InChI is InChI=1S/C19H22N2O8/c1-5-27-16(22)14(11-20)13-10-12(8-9-15(13)21(25)26)19(4,17(23)28-6-2)18(24)29-7-3/h8-10,14H,5-7H2,1-4H3. The smallest absolute Gasteiger partial charge is 0.328 e. The van der Waals surface area contributed by atoms with Gasteiger partial charge in [-0.1, -0.05) is 6.07 Å². The molecule has 0 amide bonds. The monoisotopic (exact) mass is 406 g/mol. The highest BCUT2D eigenvalue weighted by Gasteiger charge is 2.47. The summed E-state index contributed by atoms with van der Waals surface area (Å²) in [6.45, 7) is 5.81. The number of carbonyl (C=O) groups excluding carboxylic acids is 3. The molecule has 1 atom stereocenters. The lowest BCUT2D eigenvalue weighted by atomic mass is 9.80. The SMILES string of the molecule is CCOC(=O)C(C#N)c1cc(C(C)(C(=O)OCC)C(=O)OCC)ccc1[N+](=O)[O-]. The molecule has 1 unspecified atom stereocenters. The van der Waals surface area contributed by atoms with E-state index < -0.39 is 39.9 Å². The van der Waals surface area contributed by atoms with Crippen LogP contribution in [0.3, 0.4) is 0 Å². The van der Waals surface area contributed by atoms with Crippen LogP contribution in [-0.4, -0.2) is 42.7 Å². The zero-order valence-corrected chi connectivity index (χ0v) is 16.6. The third kappa shape index (κ3) is 4.87. The van der Waals surface area contributed by atoms with Crippen LogP contribution in [0.2, 0.25) is 0 Å². The zero-order chi connectivity index (χ0) is 22.2. The highest BCUT2D eigenvalue weighted by atomic mass is 16.6. The molecule has 1 aromatic rings. The Morgan fingerprint density at radius 2 is 1.62 bits per heavy atom. The third-order valence-electron chi connectivity index (χ3n) is 4.13. The second-order valence-electron chi connectivity index (χ2n) is 5.91. The molecule has 1 rings (SSSR count). The van der Waals surface area contributed by atoms with Crippen molar-refractivity contribution in [1.29, 1.82) is 5.26 Å². The van der Waals surface area contributed by atoms with E-state index in [0.29, 0.717) is 0 Å². The fraction of sp³-hybridized carbons (Fsp3) is 0.474. The first-order chi connectivity index (χ1) is 13.7. The van der Waals surface area contributed by atoms with Gasteiger partial charge >= 0.3 is 17.9 Å². The van der Waals surface area contributed by atoms with Gasteiger partial charge in [0, 0.05) is 6.07 Å². The van der Waals surface area contributed by atoms with E-state index in [-0.39, 0.29) is 30.9 Å². The minimum absolute atomic E-state index is 0.0143. The summed E-state index contributed by atoms with van der Waals surface area (Å²) in [7, 11) is 0. The molecule has 0 saturated heterocycles. The van der Waals surface area contributed by atoms with Crippen LogP contribution in [0, 0.1) is 21.4 Å². The highest BCUT2D eigenvalue weighted by Crippen LogP contribution is 2.35. The zero-order valence-electron chi connectivity index (χ0n) is 16.6. The maximum absolute atomic E-state index is 12.6. The molecule has 0 aliphatic heterocycles. The van der Waals surface area contributed by atoms with Gasteiger partial charge in [-0.3, -0.25) is 24.5 Å². The first kappa shape index (κ1) is 23.6. The molecule has 0 aliphatic carbocycles. The van der Waals surface area contributed by atoms with Crippen molar-refractivity contribution in [3.05, 3.63) is 39.4 Å². The number of benzene rings is 1. The van der Waals surface area contributed by atoms with Crippen LogP contribution < -0.4 is 0 Å². The van der Waals surface area contributed by atoms with E-state index in [4.69, 9.17) is 14.2 Å². The molecule has 1 aromatic carbocycles. The van der Waals surface area contributed by atoms with E-state index in [2.05, 4.69) is 0 Å². The number of nitro groups is 1. The van der Waals surface area contributed by atoms with Crippen molar-refractivity contribution in [3.63, 3.8) is 0 Å². The number of rotatable bonds is 9. The topological polar surface area (TPSA) is 146 Å². The minimum Gasteiger partial charge on any atom is -0.465 e. The largest absolute Gasteiger partial charge is 0.465 e. The maximum Gasteiger partial charge on any atom is 0.328 e. The van der Waals surface area contributed by atoms with Crippen molar-refractivity contribution in [3.8, 4) is 6.07 Å². The fourth-order valence-electron chi connectivity index (χ4n) is 2.61. The van der Waals surface area contributed by atoms with Crippen molar-refractivity contribution in [1.82, 2.24) is 0 Å². The van der Waals surface area contributed by atoms with Crippen LogP contribution in [0.4, 0.5) is 5.69 Å². The molecule has 156 valence electrons. The van der Waals surface area contributed by atoms with Crippen LogP contribution in [0.1, 0.15) is 44.7 Å². The summed E-state index contributed by atoms with van der Waals surface area (Å²) in [5.74, 6) is -4.46. The summed E-state index contributed by atoms with van der Waals surface area (Å²) in [5.41, 5.74) is -2.79. The summed E-state index contributed by atoms with van der Waals surface area (Å²) in [6, 6.07) is 4.98. The Labute approximate surface area is 167 Å². The number of hydrogen-bond donors (Lipinski definition) is 0. The van der Waals surface area contributed by atoms with Crippen molar-refractivity contribution in [2.45, 2.75) is 39.0 Å². The first-order valence-corrected chi connectivity index (χ1v) is 8.88. The van der Waals surface area contributed by atoms with Crippen LogP contribution >= 0.6 is 0 Å². The van der Waals surface area contributed by atoms with Gasteiger partial charge in [0.1, 0.15) is 0 Å². The van der Waals surface area contributed by atoms with Crippen LogP contribution in [-0.2, 0) is 34.0 Å². The van der Waals surface area contributed by atoms with Gasteiger partial charge < -0.3 is 14.2 Å².